The van der Waals surface area contributed by atoms with Gasteiger partial charge in [0.1, 0.15) is 5.52 Å². The first-order valence-electron chi connectivity index (χ1n) is 8.95. The third-order valence-corrected chi connectivity index (χ3v) is 4.96. The lowest BCUT2D eigenvalue weighted by Crippen LogP contribution is -2.26. The number of H-pyrrole nitrogens is 1. The summed E-state index contributed by atoms with van der Waals surface area (Å²) in [6, 6.07) is 11.4. The minimum atomic E-state index is -0.414. The molecule has 0 aliphatic rings. The average molecular weight is 409 g/mol. The molecule has 0 saturated heterocycles. The molecule has 0 fully saturated rings. The predicted molar refractivity (Wildman–Crippen MR) is 112 cm³/mol. The van der Waals surface area contributed by atoms with Crippen LogP contribution in [0, 0.1) is 0 Å². The minimum Gasteiger partial charge on any atom is -0.394 e. The maximum absolute atomic E-state index is 13.1. The molecule has 146 valence electrons. The van der Waals surface area contributed by atoms with E-state index in [4.69, 9.17) is 16.6 Å². The van der Waals surface area contributed by atoms with Crippen LogP contribution in [-0.2, 0) is 0 Å². The first-order chi connectivity index (χ1) is 14.0. The standard InChI is InChI=1S/C21H17ClN4O3/c1-12(10-27)26-11-24-20-16(21(26)29)8-17(13-2-5-15(22)6-3-13)25-19(20)14-4-7-18(28)23-9-14/h2-9,11-12,27H,10H2,1H3,(H,23,28)/t12-/m0/s1. The molecule has 0 aliphatic heterocycles. The Kier molecular flexibility index (Phi) is 5.00. The Morgan fingerprint density at radius 2 is 1.86 bits per heavy atom. The van der Waals surface area contributed by atoms with Crippen LogP contribution in [-0.4, -0.2) is 31.2 Å². The molecule has 3 aromatic heterocycles. The third-order valence-electron chi connectivity index (χ3n) is 4.71. The zero-order valence-corrected chi connectivity index (χ0v) is 16.2. The normalized spacial score (nSPS) is 12.2. The van der Waals surface area contributed by atoms with E-state index in [0.29, 0.717) is 32.9 Å². The molecule has 4 aromatic rings. The van der Waals surface area contributed by atoms with Crippen LogP contribution in [0.2, 0.25) is 5.02 Å². The van der Waals surface area contributed by atoms with Gasteiger partial charge in [0, 0.05) is 28.4 Å². The van der Waals surface area contributed by atoms with Gasteiger partial charge >= 0.3 is 0 Å². The van der Waals surface area contributed by atoms with E-state index >= 15 is 0 Å². The third kappa shape index (κ3) is 3.57. The van der Waals surface area contributed by atoms with Crippen molar-refractivity contribution in [3.05, 3.63) is 80.7 Å². The van der Waals surface area contributed by atoms with Gasteiger partial charge in [-0.3, -0.25) is 14.2 Å². The Bertz CT molecular complexity index is 1290. The van der Waals surface area contributed by atoms with Crippen LogP contribution in [0.4, 0.5) is 0 Å². The molecule has 0 radical (unpaired) electrons. The number of pyridine rings is 2. The predicted octanol–water partition coefficient (Wildman–Crippen LogP) is 3.02. The average Bonchev–Trinajstić information content (AvgIpc) is 2.74. The topological polar surface area (TPSA) is 101 Å². The molecule has 0 unspecified atom stereocenters. The number of nitrogens with one attached hydrogen (secondary N) is 1. The first-order valence-corrected chi connectivity index (χ1v) is 9.33. The molecule has 29 heavy (non-hydrogen) atoms. The van der Waals surface area contributed by atoms with Gasteiger partial charge in [0.25, 0.3) is 5.56 Å². The van der Waals surface area contributed by atoms with E-state index in [1.807, 2.05) is 12.1 Å². The highest BCUT2D eigenvalue weighted by molar-refractivity contribution is 6.30. The lowest BCUT2D eigenvalue weighted by molar-refractivity contribution is 0.236. The van der Waals surface area contributed by atoms with E-state index in [-0.39, 0.29) is 17.7 Å². The molecule has 0 saturated carbocycles. The number of aromatic nitrogens is 4. The van der Waals surface area contributed by atoms with Crippen LogP contribution >= 0.6 is 11.6 Å². The van der Waals surface area contributed by atoms with Crippen molar-refractivity contribution < 1.29 is 5.11 Å². The van der Waals surface area contributed by atoms with Crippen LogP contribution in [0.15, 0.2) is 64.6 Å². The number of nitrogens with zero attached hydrogens (tertiary/aromatic N) is 3. The van der Waals surface area contributed by atoms with Gasteiger partial charge in [0.2, 0.25) is 5.56 Å². The lowest BCUT2D eigenvalue weighted by Gasteiger charge is -2.14. The molecule has 0 aliphatic carbocycles. The van der Waals surface area contributed by atoms with E-state index in [9.17, 15) is 14.7 Å². The minimum absolute atomic E-state index is 0.186. The molecule has 0 spiro atoms. The van der Waals surface area contributed by atoms with Gasteiger partial charge in [-0.05, 0) is 31.2 Å². The molecule has 1 atom stereocenters. The molecule has 3 heterocycles. The number of aromatic amines is 1. The Balaban J connectivity index is 2.05. The summed E-state index contributed by atoms with van der Waals surface area (Å²) in [6.07, 6.45) is 2.95. The Labute approximate surface area is 170 Å². The smallest absolute Gasteiger partial charge is 0.261 e. The summed E-state index contributed by atoms with van der Waals surface area (Å²) in [5, 5.41) is 10.4. The SMILES string of the molecule is C[C@@H](CO)n1cnc2c(-c3ccc(=O)[nH]c3)nc(-c3ccc(Cl)cc3)cc2c1=O. The van der Waals surface area contributed by atoms with Gasteiger partial charge in [-0.1, -0.05) is 23.7 Å². The van der Waals surface area contributed by atoms with Crippen molar-refractivity contribution >= 4 is 22.5 Å². The fourth-order valence-electron chi connectivity index (χ4n) is 3.07. The number of fused-ring (bicyclic) bond motifs is 1. The second-order valence-corrected chi connectivity index (χ2v) is 7.13. The Hall–Kier alpha value is -3.29. The summed E-state index contributed by atoms with van der Waals surface area (Å²) in [5.41, 5.74) is 2.37. The van der Waals surface area contributed by atoms with E-state index in [1.54, 1.807) is 37.4 Å². The monoisotopic (exact) mass is 408 g/mol. The maximum Gasteiger partial charge on any atom is 0.261 e. The zero-order chi connectivity index (χ0) is 20.5. The number of aliphatic hydroxyl groups excluding tert-OH is 1. The molecular weight excluding hydrogens is 392 g/mol. The van der Waals surface area contributed by atoms with Crippen molar-refractivity contribution in [1.82, 2.24) is 19.5 Å². The van der Waals surface area contributed by atoms with Crippen LogP contribution in [0.3, 0.4) is 0 Å². The van der Waals surface area contributed by atoms with Crippen molar-refractivity contribution in [1.29, 1.82) is 0 Å². The highest BCUT2D eigenvalue weighted by Gasteiger charge is 2.16. The molecule has 4 rings (SSSR count). The number of hydrogen-bond donors (Lipinski definition) is 2. The van der Waals surface area contributed by atoms with Crippen molar-refractivity contribution in [3.8, 4) is 22.5 Å². The van der Waals surface area contributed by atoms with Crippen LogP contribution in [0.25, 0.3) is 33.4 Å². The lowest BCUT2D eigenvalue weighted by atomic mass is 10.1. The van der Waals surface area contributed by atoms with Gasteiger partial charge in [0.15, 0.2) is 0 Å². The largest absolute Gasteiger partial charge is 0.394 e. The van der Waals surface area contributed by atoms with Gasteiger partial charge in [-0.2, -0.15) is 0 Å². The first kappa shape index (κ1) is 19.0. The number of hydrogen-bond acceptors (Lipinski definition) is 5. The summed E-state index contributed by atoms with van der Waals surface area (Å²) >= 11 is 5.99. The van der Waals surface area contributed by atoms with Gasteiger partial charge in [0.05, 0.1) is 35.8 Å². The second-order valence-electron chi connectivity index (χ2n) is 6.69. The van der Waals surface area contributed by atoms with Gasteiger partial charge in [-0.15, -0.1) is 0 Å². The summed E-state index contributed by atoms with van der Waals surface area (Å²) in [7, 11) is 0. The van der Waals surface area contributed by atoms with Crippen molar-refractivity contribution in [3.63, 3.8) is 0 Å². The second kappa shape index (κ2) is 7.62. The molecule has 2 N–H and O–H groups in total. The van der Waals surface area contributed by atoms with Gasteiger partial charge < -0.3 is 10.1 Å². The Morgan fingerprint density at radius 1 is 1.14 bits per heavy atom. The highest BCUT2D eigenvalue weighted by Crippen LogP contribution is 2.28. The summed E-state index contributed by atoms with van der Waals surface area (Å²) < 4.78 is 1.39. The fraction of sp³-hybridized carbons (Fsp3) is 0.143. The number of rotatable bonds is 4. The van der Waals surface area contributed by atoms with E-state index in [2.05, 4.69) is 9.97 Å². The summed E-state index contributed by atoms with van der Waals surface area (Å²) in [6.45, 7) is 1.55. The van der Waals surface area contributed by atoms with Crippen molar-refractivity contribution in [2.45, 2.75) is 13.0 Å². The quantitative estimate of drug-likeness (QED) is 0.540. The van der Waals surface area contributed by atoms with E-state index in [1.165, 1.54) is 17.0 Å². The van der Waals surface area contributed by atoms with E-state index < -0.39 is 6.04 Å². The molecule has 1 aromatic carbocycles. The molecule has 0 bridgehead atoms. The highest BCUT2D eigenvalue weighted by atomic mass is 35.5. The zero-order valence-electron chi connectivity index (χ0n) is 15.5. The van der Waals surface area contributed by atoms with E-state index in [0.717, 1.165) is 5.56 Å². The van der Waals surface area contributed by atoms with Crippen LogP contribution < -0.4 is 11.1 Å². The van der Waals surface area contributed by atoms with Gasteiger partial charge in [-0.25, -0.2) is 9.97 Å². The molecule has 8 heteroatoms. The summed E-state index contributed by atoms with van der Waals surface area (Å²) in [4.78, 5) is 36.3. The van der Waals surface area contributed by atoms with Crippen molar-refractivity contribution in [2.75, 3.05) is 6.61 Å². The molecule has 0 amide bonds. The van der Waals surface area contributed by atoms with Crippen molar-refractivity contribution in [2.24, 2.45) is 0 Å². The van der Waals surface area contributed by atoms with Crippen LogP contribution in [0.1, 0.15) is 13.0 Å². The molecule has 7 nitrogen and oxygen atoms in total. The summed E-state index contributed by atoms with van der Waals surface area (Å²) in [5.74, 6) is 0. The maximum atomic E-state index is 13.1. The van der Waals surface area contributed by atoms with Crippen LogP contribution in [0.5, 0.6) is 0 Å². The Morgan fingerprint density at radius 3 is 2.52 bits per heavy atom. The number of benzene rings is 1. The number of halogens is 1. The number of aliphatic hydroxyl groups is 1. The fourth-order valence-corrected chi connectivity index (χ4v) is 3.20. The molecular formula is C21H17ClN4O3.